The first-order chi connectivity index (χ1) is 11.5. The molecule has 1 aliphatic rings. The summed E-state index contributed by atoms with van der Waals surface area (Å²) in [5, 5.41) is 18.1. The summed E-state index contributed by atoms with van der Waals surface area (Å²) in [4.78, 5) is 22.5. The Labute approximate surface area is 146 Å². The highest BCUT2D eigenvalue weighted by Gasteiger charge is 2.32. The van der Waals surface area contributed by atoms with Gasteiger partial charge in [0.15, 0.2) is 0 Å². The van der Waals surface area contributed by atoms with Crippen LogP contribution in [-0.4, -0.2) is 28.1 Å². The summed E-state index contributed by atoms with van der Waals surface area (Å²) in [7, 11) is 0. The van der Waals surface area contributed by atoms with Gasteiger partial charge >= 0.3 is 5.97 Å². The fourth-order valence-corrected chi connectivity index (χ4v) is 3.48. The van der Waals surface area contributed by atoms with E-state index in [1.54, 1.807) is 0 Å². The molecular weight excluding hydrogens is 304 g/mol. The molecule has 1 rings (SSSR count). The molecule has 0 aromatic rings. The molecule has 24 heavy (non-hydrogen) atoms. The molecule has 0 spiro atoms. The maximum absolute atomic E-state index is 12.1. The molecule has 4 nitrogen and oxygen atoms in total. The maximum atomic E-state index is 12.1. The van der Waals surface area contributed by atoms with Crippen molar-refractivity contribution in [3.05, 3.63) is 12.2 Å². The Morgan fingerprint density at radius 2 is 2.00 bits per heavy atom. The number of Topliss-reactive ketones (excluding diaryl/α,β-unsaturated/α-hetero) is 1. The minimum Gasteiger partial charge on any atom is -0.481 e. The van der Waals surface area contributed by atoms with Crippen molar-refractivity contribution in [1.82, 2.24) is 0 Å². The average molecular weight is 338 g/mol. The highest BCUT2D eigenvalue weighted by Crippen LogP contribution is 2.34. The number of carbonyl (C=O) groups is 2. The molecule has 3 atom stereocenters. The van der Waals surface area contributed by atoms with Crippen molar-refractivity contribution < 1.29 is 19.8 Å². The molecule has 0 aromatic heterocycles. The van der Waals surface area contributed by atoms with Crippen LogP contribution in [0.4, 0.5) is 0 Å². The lowest BCUT2D eigenvalue weighted by Gasteiger charge is -2.15. The number of aliphatic hydroxyl groups excluding tert-OH is 1. The van der Waals surface area contributed by atoms with Crippen LogP contribution in [0.15, 0.2) is 12.2 Å². The molecule has 2 N–H and O–H groups in total. The highest BCUT2D eigenvalue weighted by atomic mass is 16.4. The zero-order chi connectivity index (χ0) is 17.8. The van der Waals surface area contributed by atoms with Crippen molar-refractivity contribution in [3.63, 3.8) is 0 Å². The van der Waals surface area contributed by atoms with Crippen LogP contribution < -0.4 is 0 Å². The Hall–Kier alpha value is -1.16. The van der Waals surface area contributed by atoms with Crippen molar-refractivity contribution in [2.45, 2.75) is 90.1 Å². The number of rotatable bonds is 13. The average Bonchev–Trinajstić information content (AvgIpc) is 2.90. The monoisotopic (exact) mass is 338 g/mol. The number of aliphatic hydroxyl groups is 1. The molecule has 4 heteroatoms. The number of carboxylic acids is 1. The van der Waals surface area contributed by atoms with Gasteiger partial charge < -0.3 is 10.2 Å². The van der Waals surface area contributed by atoms with E-state index < -0.39 is 5.97 Å². The highest BCUT2D eigenvalue weighted by molar-refractivity contribution is 5.83. The number of carbonyl (C=O) groups excluding carboxylic acids is 1. The Balaban J connectivity index is 2.21. The van der Waals surface area contributed by atoms with Crippen LogP contribution in [0.2, 0.25) is 0 Å². The first-order valence-electron chi connectivity index (χ1n) is 9.63. The van der Waals surface area contributed by atoms with Crippen LogP contribution >= 0.6 is 0 Å². The number of aliphatic carboxylic acids is 1. The normalized spacial score (nSPS) is 22.3. The molecule has 0 bridgehead atoms. The molecule has 1 aliphatic carbocycles. The lowest BCUT2D eigenvalue weighted by atomic mass is 9.89. The Kier molecular flexibility index (Phi) is 10.6. The molecule has 0 radical (unpaired) electrons. The third-order valence-corrected chi connectivity index (χ3v) is 5.07. The van der Waals surface area contributed by atoms with Gasteiger partial charge in [0.2, 0.25) is 0 Å². The smallest absolute Gasteiger partial charge is 0.303 e. The fourth-order valence-electron chi connectivity index (χ4n) is 3.48. The van der Waals surface area contributed by atoms with Gasteiger partial charge in [-0.2, -0.15) is 0 Å². The standard InChI is InChI=1S/C20H34O4/c1-2-17(21)11-7-5-6-10-16-14-15-19(22)18(16)12-8-3-4-9-13-20(23)24/h6,10,16-18,21H,2-5,7-9,11-15H2,1H3,(H,23,24)/t16-,17?,18+/m0/s1. The van der Waals surface area contributed by atoms with E-state index >= 15 is 0 Å². The summed E-state index contributed by atoms with van der Waals surface area (Å²) >= 11 is 0. The number of hydrogen-bond donors (Lipinski definition) is 2. The zero-order valence-electron chi connectivity index (χ0n) is 15.1. The summed E-state index contributed by atoms with van der Waals surface area (Å²) in [5.41, 5.74) is 0. The quantitative estimate of drug-likeness (QED) is 0.383. The van der Waals surface area contributed by atoms with Crippen molar-refractivity contribution in [2.75, 3.05) is 0 Å². The Morgan fingerprint density at radius 1 is 1.25 bits per heavy atom. The molecule has 0 aliphatic heterocycles. The summed E-state index contributed by atoms with van der Waals surface area (Å²) in [6.45, 7) is 2.00. The van der Waals surface area contributed by atoms with E-state index in [9.17, 15) is 14.7 Å². The second-order valence-corrected chi connectivity index (χ2v) is 7.04. The van der Waals surface area contributed by atoms with Gasteiger partial charge in [-0.05, 0) is 50.9 Å². The van der Waals surface area contributed by atoms with Crippen LogP contribution in [0, 0.1) is 11.8 Å². The maximum Gasteiger partial charge on any atom is 0.303 e. The zero-order valence-corrected chi connectivity index (χ0v) is 15.1. The van der Waals surface area contributed by atoms with Gasteiger partial charge in [0, 0.05) is 18.8 Å². The predicted octanol–water partition coefficient (Wildman–Crippen LogP) is 4.50. The number of ketones is 1. The predicted molar refractivity (Wildman–Crippen MR) is 95.8 cm³/mol. The number of hydrogen-bond acceptors (Lipinski definition) is 3. The van der Waals surface area contributed by atoms with Crippen molar-refractivity contribution >= 4 is 11.8 Å². The van der Waals surface area contributed by atoms with E-state index in [1.165, 1.54) is 0 Å². The number of carboxylic acid groups (broad SMARTS) is 1. The van der Waals surface area contributed by atoms with E-state index in [2.05, 4.69) is 12.2 Å². The molecule has 1 unspecified atom stereocenters. The molecule has 0 saturated heterocycles. The second-order valence-electron chi connectivity index (χ2n) is 7.04. The topological polar surface area (TPSA) is 74.6 Å². The lowest BCUT2D eigenvalue weighted by Crippen LogP contribution is -2.13. The lowest BCUT2D eigenvalue weighted by molar-refractivity contribution is -0.137. The SMILES string of the molecule is CCC(O)CCCC=C[C@H]1CCC(=O)[C@@H]1CCCCCCC(=O)O. The van der Waals surface area contributed by atoms with E-state index in [4.69, 9.17) is 5.11 Å². The van der Waals surface area contributed by atoms with Gasteiger partial charge in [0.1, 0.15) is 5.78 Å². The molecule has 1 saturated carbocycles. The summed E-state index contributed by atoms with van der Waals surface area (Å²) < 4.78 is 0. The Morgan fingerprint density at radius 3 is 2.71 bits per heavy atom. The van der Waals surface area contributed by atoms with Crippen LogP contribution in [0.5, 0.6) is 0 Å². The van der Waals surface area contributed by atoms with Gasteiger partial charge in [-0.1, -0.05) is 38.3 Å². The Bertz CT molecular complexity index is 402. The van der Waals surface area contributed by atoms with Gasteiger partial charge in [-0.3, -0.25) is 9.59 Å². The van der Waals surface area contributed by atoms with Crippen LogP contribution in [-0.2, 0) is 9.59 Å². The number of allylic oxidation sites excluding steroid dienone is 2. The van der Waals surface area contributed by atoms with Crippen molar-refractivity contribution in [3.8, 4) is 0 Å². The van der Waals surface area contributed by atoms with Gasteiger partial charge in [0.05, 0.1) is 6.10 Å². The van der Waals surface area contributed by atoms with Crippen molar-refractivity contribution in [2.24, 2.45) is 11.8 Å². The minimum atomic E-state index is -0.724. The molecule has 0 heterocycles. The van der Waals surface area contributed by atoms with E-state index in [1.807, 2.05) is 6.92 Å². The van der Waals surface area contributed by atoms with Gasteiger partial charge in [-0.25, -0.2) is 0 Å². The van der Waals surface area contributed by atoms with Crippen LogP contribution in [0.3, 0.4) is 0 Å². The van der Waals surface area contributed by atoms with Crippen molar-refractivity contribution in [1.29, 1.82) is 0 Å². The van der Waals surface area contributed by atoms with Crippen LogP contribution in [0.25, 0.3) is 0 Å². The third-order valence-electron chi connectivity index (χ3n) is 5.07. The molecule has 138 valence electrons. The summed E-state index contributed by atoms with van der Waals surface area (Å²) in [5.74, 6) is 0.226. The molecular formula is C20H34O4. The first-order valence-corrected chi connectivity index (χ1v) is 9.63. The molecule has 0 aromatic carbocycles. The second kappa shape index (κ2) is 12.2. The molecule has 0 amide bonds. The van der Waals surface area contributed by atoms with Gasteiger partial charge in [-0.15, -0.1) is 0 Å². The third kappa shape index (κ3) is 8.62. The van der Waals surface area contributed by atoms with E-state index in [0.717, 1.165) is 64.2 Å². The van der Waals surface area contributed by atoms with E-state index in [0.29, 0.717) is 18.1 Å². The number of unbranched alkanes of at least 4 members (excludes halogenated alkanes) is 4. The minimum absolute atomic E-state index is 0.168. The first kappa shape index (κ1) is 20.9. The largest absolute Gasteiger partial charge is 0.481 e. The van der Waals surface area contributed by atoms with Crippen LogP contribution in [0.1, 0.15) is 84.0 Å². The molecule has 1 fully saturated rings. The summed E-state index contributed by atoms with van der Waals surface area (Å²) in [6, 6.07) is 0. The summed E-state index contributed by atoms with van der Waals surface area (Å²) in [6.07, 6.45) is 14.4. The van der Waals surface area contributed by atoms with Gasteiger partial charge in [0.25, 0.3) is 0 Å². The van der Waals surface area contributed by atoms with E-state index in [-0.39, 0.29) is 18.4 Å². The fraction of sp³-hybridized carbons (Fsp3) is 0.800.